The van der Waals surface area contributed by atoms with Crippen LogP contribution in [0.15, 0.2) is 42.5 Å². The minimum Gasteiger partial charge on any atom is -0.493 e. The molecule has 0 amide bonds. The number of hydrogen-bond acceptors (Lipinski definition) is 5. The van der Waals surface area contributed by atoms with E-state index in [0.29, 0.717) is 6.61 Å². The van der Waals surface area contributed by atoms with Crippen LogP contribution >= 0.6 is 23.8 Å². The maximum atomic E-state index is 5.99. The van der Waals surface area contributed by atoms with Crippen LogP contribution in [-0.2, 0) is 17.7 Å². The van der Waals surface area contributed by atoms with Gasteiger partial charge in [-0.15, -0.1) is 0 Å². The third-order valence-electron chi connectivity index (χ3n) is 4.57. The van der Waals surface area contributed by atoms with E-state index in [9.17, 15) is 0 Å². The molecule has 2 aromatic rings. The highest BCUT2D eigenvalue weighted by Crippen LogP contribution is 2.30. The van der Waals surface area contributed by atoms with Crippen LogP contribution in [0, 0.1) is 0 Å². The van der Waals surface area contributed by atoms with Crippen LogP contribution in [0.3, 0.4) is 0 Å². The molecule has 6 heteroatoms. The van der Waals surface area contributed by atoms with Gasteiger partial charge < -0.3 is 14.2 Å². The highest BCUT2D eigenvalue weighted by atomic mass is 35.5. The van der Waals surface area contributed by atoms with E-state index >= 15 is 0 Å². The van der Waals surface area contributed by atoms with Crippen molar-refractivity contribution in [3.63, 3.8) is 0 Å². The maximum absolute atomic E-state index is 5.99. The second-order valence-corrected chi connectivity index (χ2v) is 6.91. The van der Waals surface area contributed by atoms with Gasteiger partial charge in [-0.25, -0.2) is 0 Å². The van der Waals surface area contributed by atoms with E-state index in [1.54, 1.807) is 19.6 Å². The van der Waals surface area contributed by atoms with Gasteiger partial charge in [0.05, 0.1) is 20.8 Å². The Balaban J connectivity index is 1.77. The number of thiocarbonyl (C=S) groups is 1. The van der Waals surface area contributed by atoms with Gasteiger partial charge in [-0.3, -0.25) is 4.90 Å². The lowest BCUT2D eigenvalue weighted by Gasteiger charge is -2.26. The van der Waals surface area contributed by atoms with Gasteiger partial charge in [0.25, 0.3) is 0 Å². The van der Waals surface area contributed by atoms with Crippen molar-refractivity contribution in [1.29, 1.82) is 0 Å². The highest BCUT2D eigenvalue weighted by molar-refractivity contribution is 7.79. The molecule has 0 saturated carbocycles. The summed E-state index contributed by atoms with van der Waals surface area (Å²) in [7, 11) is 3.29. The molecule has 1 saturated heterocycles. The average Bonchev–Trinajstić information content (AvgIpc) is 3.04. The van der Waals surface area contributed by atoms with Crippen molar-refractivity contribution in [1.82, 2.24) is 4.90 Å². The van der Waals surface area contributed by atoms with E-state index in [0.717, 1.165) is 29.5 Å². The Hall–Kier alpha value is -1.66. The number of methoxy groups -OCH3 is 2. The SMILES string of the molecule is COc1ccc(C[C@H]2COC(C=S)N2Cc2ccc(Cl)cc2)cc1OC. The molecule has 1 unspecified atom stereocenters. The quantitative estimate of drug-likeness (QED) is 0.662. The second-order valence-electron chi connectivity index (χ2n) is 6.21. The van der Waals surface area contributed by atoms with Crippen molar-refractivity contribution in [2.45, 2.75) is 25.2 Å². The molecule has 1 aliphatic heterocycles. The molecule has 0 aliphatic carbocycles. The van der Waals surface area contributed by atoms with Crippen molar-refractivity contribution < 1.29 is 14.2 Å². The molecular formula is C20H22ClNO3S. The molecule has 1 fully saturated rings. The monoisotopic (exact) mass is 391 g/mol. The molecule has 0 aromatic heterocycles. The van der Waals surface area contributed by atoms with Gasteiger partial charge >= 0.3 is 0 Å². The summed E-state index contributed by atoms with van der Waals surface area (Å²) in [4.78, 5) is 2.28. The van der Waals surface area contributed by atoms with E-state index in [4.69, 9.17) is 38.0 Å². The van der Waals surface area contributed by atoms with Gasteiger partial charge in [0.2, 0.25) is 0 Å². The first-order chi connectivity index (χ1) is 12.6. The fourth-order valence-corrected chi connectivity index (χ4v) is 3.56. The molecule has 1 aliphatic rings. The van der Waals surface area contributed by atoms with Crippen LogP contribution in [0.5, 0.6) is 11.5 Å². The predicted molar refractivity (Wildman–Crippen MR) is 107 cm³/mol. The molecule has 0 bridgehead atoms. The van der Waals surface area contributed by atoms with Gasteiger partial charge in [-0.05, 0) is 41.8 Å². The largest absolute Gasteiger partial charge is 0.493 e. The molecule has 4 nitrogen and oxygen atoms in total. The third-order valence-corrected chi connectivity index (χ3v) is 5.05. The molecule has 0 spiro atoms. The Morgan fingerprint density at radius 3 is 2.46 bits per heavy atom. The molecule has 2 aromatic carbocycles. The molecule has 0 radical (unpaired) electrons. The Kier molecular flexibility index (Phi) is 6.48. The highest BCUT2D eigenvalue weighted by Gasteiger charge is 2.33. The Labute approximate surface area is 164 Å². The summed E-state index contributed by atoms with van der Waals surface area (Å²) in [5.41, 5.74) is 2.35. The molecule has 3 rings (SSSR count). The van der Waals surface area contributed by atoms with Crippen LogP contribution in [-0.4, -0.2) is 43.4 Å². The smallest absolute Gasteiger partial charge is 0.160 e. The normalized spacial score (nSPS) is 20.1. The average molecular weight is 392 g/mol. The van der Waals surface area contributed by atoms with E-state index in [2.05, 4.69) is 11.0 Å². The Morgan fingerprint density at radius 2 is 1.81 bits per heavy atom. The fraction of sp³-hybridized carbons (Fsp3) is 0.350. The zero-order valence-corrected chi connectivity index (χ0v) is 16.4. The first kappa shape index (κ1) is 19.1. The zero-order valence-electron chi connectivity index (χ0n) is 14.9. The van der Waals surface area contributed by atoms with Gasteiger partial charge in [0, 0.05) is 23.0 Å². The summed E-state index contributed by atoms with van der Waals surface area (Å²) < 4.78 is 16.6. The van der Waals surface area contributed by atoms with Crippen molar-refractivity contribution in [3.8, 4) is 11.5 Å². The zero-order chi connectivity index (χ0) is 18.5. The third kappa shape index (κ3) is 4.35. The van der Waals surface area contributed by atoms with Crippen LogP contribution in [0.2, 0.25) is 5.02 Å². The van der Waals surface area contributed by atoms with Gasteiger partial charge in [0.1, 0.15) is 6.23 Å². The summed E-state index contributed by atoms with van der Waals surface area (Å²) in [5, 5.41) is 2.42. The fourth-order valence-electron chi connectivity index (χ4n) is 3.20. The lowest BCUT2D eigenvalue weighted by molar-refractivity contribution is 0.0875. The second kappa shape index (κ2) is 8.82. The van der Waals surface area contributed by atoms with Crippen molar-refractivity contribution in [3.05, 3.63) is 58.6 Å². The van der Waals surface area contributed by atoms with E-state index in [-0.39, 0.29) is 12.3 Å². The first-order valence-electron chi connectivity index (χ1n) is 8.42. The number of nitrogens with zero attached hydrogens (tertiary/aromatic N) is 1. The van der Waals surface area contributed by atoms with Gasteiger partial charge in [-0.2, -0.15) is 0 Å². The van der Waals surface area contributed by atoms with Gasteiger partial charge in [0.15, 0.2) is 11.5 Å². The number of halogens is 1. The first-order valence-corrected chi connectivity index (χ1v) is 9.27. The number of ether oxygens (including phenoxy) is 3. The lowest BCUT2D eigenvalue weighted by atomic mass is 10.0. The molecule has 1 heterocycles. The van der Waals surface area contributed by atoms with Crippen molar-refractivity contribution in [2.75, 3.05) is 20.8 Å². The minimum atomic E-state index is -0.161. The summed E-state index contributed by atoms with van der Waals surface area (Å²) >= 11 is 11.2. The predicted octanol–water partition coefficient (Wildman–Crippen LogP) is 4.13. The molecule has 138 valence electrons. The summed E-state index contributed by atoms with van der Waals surface area (Å²) in [6, 6.07) is 14.1. The van der Waals surface area contributed by atoms with Crippen LogP contribution < -0.4 is 9.47 Å². The van der Waals surface area contributed by atoms with E-state index in [1.165, 1.54) is 11.1 Å². The summed E-state index contributed by atoms with van der Waals surface area (Å²) in [6.45, 7) is 1.40. The molecule has 0 N–H and O–H groups in total. The lowest BCUT2D eigenvalue weighted by Crippen LogP contribution is -2.38. The van der Waals surface area contributed by atoms with Crippen molar-refractivity contribution in [2.24, 2.45) is 0 Å². The summed E-state index contributed by atoms with van der Waals surface area (Å²) in [5.74, 6) is 1.47. The topological polar surface area (TPSA) is 30.9 Å². The van der Waals surface area contributed by atoms with Crippen molar-refractivity contribution >= 4 is 29.2 Å². The van der Waals surface area contributed by atoms with Gasteiger partial charge in [-0.1, -0.05) is 42.0 Å². The van der Waals surface area contributed by atoms with E-state index < -0.39 is 0 Å². The standard InChI is InChI=1S/C20H22ClNO3S/c1-23-18-8-5-15(10-19(18)24-2)9-17-12-25-20(13-26)22(17)11-14-3-6-16(21)7-4-14/h3-8,10,13,17,20H,9,11-12H2,1-2H3/t17-,20?/m0/s1. The van der Waals surface area contributed by atoms with Crippen LogP contribution in [0.25, 0.3) is 0 Å². The van der Waals surface area contributed by atoms with Crippen LogP contribution in [0.4, 0.5) is 0 Å². The number of rotatable bonds is 7. The molecule has 26 heavy (non-hydrogen) atoms. The Bertz CT molecular complexity index is 753. The van der Waals surface area contributed by atoms with Crippen LogP contribution in [0.1, 0.15) is 11.1 Å². The maximum Gasteiger partial charge on any atom is 0.160 e. The molecule has 2 atom stereocenters. The Morgan fingerprint density at radius 1 is 1.12 bits per heavy atom. The molecular weight excluding hydrogens is 370 g/mol. The minimum absolute atomic E-state index is 0.161. The summed E-state index contributed by atoms with van der Waals surface area (Å²) in [6.07, 6.45) is 0.680. The number of benzene rings is 2. The number of hydrogen-bond donors (Lipinski definition) is 0. The van der Waals surface area contributed by atoms with E-state index in [1.807, 2.05) is 36.4 Å².